The van der Waals surface area contributed by atoms with E-state index in [0.717, 1.165) is 75.3 Å². The Balaban J connectivity index is 1.26. The molecule has 7 nitrogen and oxygen atoms in total. The van der Waals surface area contributed by atoms with Gasteiger partial charge in [0.25, 0.3) is 0 Å². The van der Waals surface area contributed by atoms with E-state index in [1.165, 1.54) is 5.56 Å². The van der Waals surface area contributed by atoms with Crippen molar-refractivity contribution in [3.05, 3.63) is 35.5 Å². The fourth-order valence-corrected chi connectivity index (χ4v) is 3.27. The zero-order valence-electron chi connectivity index (χ0n) is 14.6. The Morgan fingerprint density at radius 2 is 1.76 bits per heavy atom. The first kappa shape index (κ1) is 16.4. The van der Waals surface area contributed by atoms with Crippen LogP contribution in [0.15, 0.2) is 22.7 Å². The zero-order valence-corrected chi connectivity index (χ0v) is 14.6. The van der Waals surface area contributed by atoms with Crippen LogP contribution in [0.4, 0.5) is 0 Å². The van der Waals surface area contributed by atoms with Crippen molar-refractivity contribution in [1.82, 2.24) is 19.9 Å². The van der Waals surface area contributed by atoms with Gasteiger partial charge in [0.1, 0.15) is 0 Å². The van der Waals surface area contributed by atoms with E-state index in [0.29, 0.717) is 6.79 Å². The van der Waals surface area contributed by atoms with Crippen LogP contribution in [-0.2, 0) is 19.5 Å². The first-order valence-electron chi connectivity index (χ1n) is 8.95. The Morgan fingerprint density at radius 3 is 2.56 bits per heavy atom. The Labute approximate surface area is 147 Å². The highest BCUT2D eigenvalue weighted by atomic mass is 16.7. The number of rotatable bonds is 6. The number of hydrogen-bond acceptors (Lipinski definition) is 7. The molecule has 2 aliphatic rings. The third kappa shape index (κ3) is 3.93. The second-order valence-electron chi connectivity index (χ2n) is 6.59. The largest absolute Gasteiger partial charge is 0.454 e. The van der Waals surface area contributed by atoms with Crippen LogP contribution in [0.5, 0.6) is 11.5 Å². The molecule has 0 radical (unpaired) electrons. The Hall–Kier alpha value is -2.12. The van der Waals surface area contributed by atoms with Gasteiger partial charge >= 0.3 is 0 Å². The van der Waals surface area contributed by atoms with Gasteiger partial charge < -0.3 is 14.0 Å². The van der Waals surface area contributed by atoms with Crippen molar-refractivity contribution in [1.29, 1.82) is 0 Å². The normalized spacial score (nSPS) is 18.0. The number of benzene rings is 1. The summed E-state index contributed by atoms with van der Waals surface area (Å²) in [5.41, 5.74) is 1.26. The third-order valence-corrected chi connectivity index (χ3v) is 4.65. The molecule has 1 aromatic heterocycles. The smallest absolute Gasteiger partial charge is 0.240 e. The average Bonchev–Trinajstić information content (AvgIpc) is 3.26. The second-order valence-corrected chi connectivity index (χ2v) is 6.59. The van der Waals surface area contributed by atoms with Crippen LogP contribution in [-0.4, -0.2) is 52.9 Å². The first-order valence-corrected chi connectivity index (χ1v) is 8.95. The fraction of sp³-hybridized carbons (Fsp3) is 0.556. The van der Waals surface area contributed by atoms with E-state index in [9.17, 15) is 0 Å². The predicted molar refractivity (Wildman–Crippen MR) is 91.4 cm³/mol. The van der Waals surface area contributed by atoms with E-state index in [2.05, 4.69) is 39.0 Å². The molecule has 134 valence electrons. The summed E-state index contributed by atoms with van der Waals surface area (Å²) in [7, 11) is 0. The minimum absolute atomic E-state index is 0.326. The molecule has 1 fully saturated rings. The number of hydrogen-bond donors (Lipinski definition) is 0. The topological polar surface area (TPSA) is 63.9 Å². The number of aryl methyl sites for hydroxylation is 1. The summed E-state index contributed by atoms with van der Waals surface area (Å²) < 4.78 is 16.2. The Bertz CT molecular complexity index is 710. The Morgan fingerprint density at radius 1 is 1.00 bits per heavy atom. The summed E-state index contributed by atoms with van der Waals surface area (Å²) in [5.74, 6) is 3.25. The van der Waals surface area contributed by atoms with Crippen molar-refractivity contribution in [3.63, 3.8) is 0 Å². The maximum Gasteiger partial charge on any atom is 0.240 e. The highest BCUT2D eigenvalue weighted by Gasteiger charge is 2.20. The maximum absolute atomic E-state index is 5.46. The number of ether oxygens (including phenoxy) is 2. The zero-order chi connectivity index (χ0) is 17.1. The summed E-state index contributed by atoms with van der Waals surface area (Å²) in [6, 6.07) is 6.20. The van der Waals surface area contributed by atoms with Crippen molar-refractivity contribution in [3.8, 4) is 11.5 Å². The molecule has 0 atom stereocenters. The molecule has 3 heterocycles. The minimum atomic E-state index is 0.326. The molecule has 7 heteroatoms. The lowest BCUT2D eigenvalue weighted by Crippen LogP contribution is -2.45. The molecule has 0 aliphatic carbocycles. The van der Waals surface area contributed by atoms with Crippen molar-refractivity contribution >= 4 is 0 Å². The van der Waals surface area contributed by atoms with Crippen LogP contribution < -0.4 is 9.47 Å². The lowest BCUT2D eigenvalue weighted by atomic mass is 10.1. The first-order chi connectivity index (χ1) is 12.3. The number of nitrogens with zero attached hydrogens (tertiary/aromatic N) is 4. The second kappa shape index (κ2) is 7.41. The number of aromatic nitrogens is 2. The van der Waals surface area contributed by atoms with Gasteiger partial charge in [-0.2, -0.15) is 4.98 Å². The molecule has 2 aromatic rings. The van der Waals surface area contributed by atoms with Crippen molar-refractivity contribution < 1.29 is 14.0 Å². The molecule has 0 unspecified atom stereocenters. The number of fused-ring (bicyclic) bond motifs is 1. The van der Waals surface area contributed by atoms with E-state index in [1.54, 1.807) is 0 Å². The monoisotopic (exact) mass is 344 g/mol. The van der Waals surface area contributed by atoms with Crippen molar-refractivity contribution in [2.24, 2.45) is 0 Å². The molecule has 2 aliphatic heterocycles. The lowest BCUT2D eigenvalue weighted by Gasteiger charge is -2.33. The lowest BCUT2D eigenvalue weighted by molar-refractivity contribution is 0.112. The third-order valence-electron chi connectivity index (χ3n) is 4.65. The quantitative estimate of drug-likeness (QED) is 0.795. The molecule has 0 saturated carbocycles. The summed E-state index contributed by atoms with van der Waals surface area (Å²) in [5, 5.41) is 4.03. The molecule has 0 amide bonds. The summed E-state index contributed by atoms with van der Waals surface area (Å²) in [4.78, 5) is 9.29. The summed E-state index contributed by atoms with van der Waals surface area (Å²) >= 11 is 0. The molecule has 0 bridgehead atoms. The van der Waals surface area contributed by atoms with Gasteiger partial charge in [-0.3, -0.25) is 9.80 Å². The molecule has 0 N–H and O–H groups in total. The predicted octanol–water partition coefficient (Wildman–Crippen LogP) is 2.07. The SMILES string of the molecule is CCCc1noc(CN2CCN(Cc3ccc4c(c3)OCO4)CC2)n1. The molecule has 25 heavy (non-hydrogen) atoms. The van der Waals surface area contributed by atoms with E-state index < -0.39 is 0 Å². The molecule has 1 saturated heterocycles. The molecular weight excluding hydrogens is 320 g/mol. The van der Waals surface area contributed by atoms with Gasteiger partial charge in [-0.1, -0.05) is 18.1 Å². The molecule has 1 aromatic carbocycles. The van der Waals surface area contributed by atoms with Gasteiger partial charge in [0.15, 0.2) is 17.3 Å². The summed E-state index contributed by atoms with van der Waals surface area (Å²) in [6.07, 6.45) is 1.92. The highest BCUT2D eigenvalue weighted by molar-refractivity contribution is 5.44. The van der Waals surface area contributed by atoms with Crippen LogP contribution in [0.2, 0.25) is 0 Å². The van der Waals surface area contributed by atoms with E-state index in [-0.39, 0.29) is 0 Å². The molecule has 0 spiro atoms. The van der Waals surface area contributed by atoms with Gasteiger partial charge in [-0.15, -0.1) is 0 Å². The number of piperazine rings is 1. The molecular formula is C18H24N4O3. The van der Waals surface area contributed by atoms with Gasteiger partial charge in [0.2, 0.25) is 12.7 Å². The summed E-state index contributed by atoms with van der Waals surface area (Å²) in [6.45, 7) is 8.21. The van der Waals surface area contributed by atoms with Gasteiger partial charge in [-0.25, -0.2) is 0 Å². The Kier molecular flexibility index (Phi) is 4.85. The van der Waals surface area contributed by atoms with Gasteiger partial charge in [0, 0.05) is 39.1 Å². The van der Waals surface area contributed by atoms with E-state index >= 15 is 0 Å². The van der Waals surface area contributed by atoms with Crippen LogP contribution in [0.25, 0.3) is 0 Å². The standard InChI is InChI=1S/C18H24N4O3/c1-2-3-17-19-18(25-20-17)12-22-8-6-21(7-9-22)11-14-4-5-15-16(10-14)24-13-23-15/h4-5,10H,2-3,6-9,11-13H2,1H3. The van der Waals surface area contributed by atoms with Crippen LogP contribution in [0.3, 0.4) is 0 Å². The van der Waals surface area contributed by atoms with E-state index in [4.69, 9.17) is 14.0 Å². The van der Waals surface area contributed by atoms with Gasteiger partial charge in [-0.05, 0) is 24.1 Å². The molecule has 4 rings (SSSR count). The highest BCUT2D eigenvalue weighted by Crippen LogP contribution is 2.32. The van der Waals surface area contributed by atoms with Crippen molar-refractivity contribution in [2.45, 2.75) is 32.9 Å². The van der Waals surface area contributed by atoms with Crippen molar-refractivity contribution in [2.75, 3.05) is 33.0 Å². The van der Waals surface area contributed by atoms with Crippen LogP contribution in [0, 0.1) is 0 Å². The van der Waals surface area contributed by atoms with E-state index in [1.807, 2.05) is 6.07 Å². The minimum Gasteiger partial charge on any atom is -0.454 e. The van der Waals surface area contributed by atoms with Crippen LogP contribution >= 0.6 is 0 Å². The fourth-order valence-electron chi connectivity index (χ4n) is 3.27. The van der Waals surface area contributed by atoms with Crippen LogP contribution in [0.1, 0.15) is 30.6 Å². The average molecular weight is 344 g/mol. The van der Waals surface area contributed by atoms with Gasteiger partial charge in [0.05, 0.1) is 6.54 Å². The maximum atomic E-state index is 5.46.